The van der Waals surface area contributed by atoms with Gasteiger partial charge in [0.05, 0.1) is 4.92 Å². The first-order valence-electron chi connectivity index (χ1n) is 3.49. The van der Waals surface area contributed by atoms with E-state index in [1.807, 2.05) is 0 Å². The maximum Gasteiger partial charge on any atom is 0.306 e. The molecule has 1 aliphatic heterocycles. The normalized spacial score (nSPS) is 25.7. The molecule has 0 bridgehead atoms. The Bertz CT molecular complexity index is 293. The van der Waals surface area contributed by atoms with Crippen LogP contribution in [-0.4, -0.2) is 17.5 Å². The molecule has 13 heavy (non-hydrogen) atoms. The highest BCUT2D eigenvalue weighted by Crippen LogP contribution is 2.37. The summed E-state index contributed by atoms with van der Waals surface area (Å²) in [5.74, 6) is -0.198. The third kappa shape index (κ3) is 2.02. The molecule has 0 aromatic rings. The number of ether oxygens (including phenoxy) is 1. The zero-order valence-electron chi connectivity index (χ0n) is 7.14. The number of methoxy groups -OCH3 is 1. The molecule has 1 aliphatic rings. The van der Waals surface area contributed by atoms with Crippen LogP contribution in [-0.2, 0) is 4.74 Å². The van der Waals surface area contributed by atoms with Crippen LogP contribution in [0.4, 0.5) is 0 Å². The highest BCUT2D eigenvalue weighted by Gasteiger charge is 2.29. The molecule has 1 heterocycles. The van der Waals surface area contributed by atoms with E-state index in [1.165, 1.54) is 20.1 Å². The van der Waals surface area contributed by atoms with E-state index in [1.54, 1.807) is 0 Å². The molecule has 1 atom stereocenters. The van der Waals surface area contributed by atoms with Gasteiger partial charge in [-0.15, -0.1) is 5.76 Å². The SMILES string of the molecule is CO[C@@H]1SC([N+](=O)[O-])=C/C1=C(/C)[O-]. The molecule has 1 rings (SSSR count). The molecule has 72 valence electrons. The second-order valence-corrected chi connectivity index (χ2v) is 3.52. The quantitative estimate of drug-likeness (QED) is 0.369. The van der Waals surface area contributed by atoms with Gasteiger partial charge in [-0.1, -0.05) is 6.92 Å². The van der Waals surface area contributed by atoms with Crippen molar-refractivity contribution >= 4 is 11.8 Å². The Morgan fingerprint density at radius 3 is 2.69 bits per heavy atom. The minimum atomic E-state index is -0.530. The summed E-state index contributed by atoms with van der Waals surface area (Å²) in [6.07, 6.45) is 1.27. The second-order valence-electron chi connectivity index (χ2n) is 2.44. The van der Waals surface area contributed by atoms with Gasteiger partial charge in [0.2, 0.25) is 0 Å². The van der Waals surface area contributed by atoms with Gasteiger partial charge in [0, 0.05) is 13.2 Å². The van der Waals surface area contributed by atoms with Gasteiger partial charge in [-0.25, -0.2) is 0 Å². The Morgan fingerprint density at radius 2 is 2.38 bits per heavy atom. The lowest BCUT2D eigenvalue weighted by Crippen LogP contribution is -2.11. The molecule has 5 nitrogen and oxygen atoms in total. The van der Waals surface area contributed by atoms with E-state index in [4.69, 9.17) is 4.74 Å². The fourth-order valence-corrected chi connectivity index (χ4v) is 1.90. The maximum atomic E-state index is 11.0. The summed E-state index contributed by atoms with van der Waals surface area (Å²) in [6, 6.07) is 0. The third-order valence-electron chi connectivity index (χ3n) is 1.56. The number of hydrogen-bond donors (Lipinski definition) is 0. The fraction of sp³-hybridized carbons (Fsp3) is 0.429. The molecule has 0 spiro atoms. The Kier molecular flexibility index (Phi) is 2.94. The monoisotopic (exact) mass is 202 g/mol. The molecule has 0 unspecified atom stereocenters. The largest absolute Gasteiger partial charge is 0.875 e. The first kappa shape index (κ1) is 10.1. The molecule has 0 aromatic carbocycles. The smallest absolute Gasteiger partial charge is 0.306 e. The molecule has 0 aliphatic carbocycles. The standard InChI is InChI=1S/C7H9NO4S/c1-4(9)5-3-6(8(10)11)13-7(5)12-2/h3,7,9H,1-2H3/p-1/b5-4+/t7-/m1/s1. The maximum absolute atomic E-state index is 11.0. The van der Waals surface area contributed by atoms with Crippen LogP contribution in [0.1, 0.15) is 6.92 Å². The number of thioether (sulfide) groups is 1. The van der Waals surface area contributed by atoms with E-state index in [9.17, 15) is 15.2 Å². The van der Waals surface area contributed by atoms with Gasteiger partial charge in [0.25, 0.3) is 0 Å². The number of nitro groups is 1. The van der Waals surface area contributed by atoms with Crippen LogP contribution in [0.25, 0.3) is 0 Å². The van der Waals surface area contributed by atoms with Gasteiger partial charge < -0.3 is 9.84 Å². The topological polar surface area (TPSA) is 75.4 Å². The first-order chi connectivity index (χ1) is 6.06. The average molecular weight is 202 g/mol. The lowest BCUT2D eigenvalue weighted by Gasteiger charge is -2.14. The fourth-order valence-electron chi connectivity index (χ4n) is 0.947. The zero-order chi connectivity index (χ0) is 10.0. The Hall–Kier alpha value is -1.01. The molecule has 0 radical (unpaired) electrons. The van der Waals surface area contributed by atoms with Crippen molar-refractivity contribution in [2.24, 2.45) is 0 Å². The van der Waals surface area contributed by atoms with Crippen LogP contribution in [0.2, 0.25) is 0 Å². The van der Waals surface area contributed by atoms with E-state index in [-0.39, 0.29) is 10.8 Å². The highest BCUT2D eigenvalue weighted by molar-refractivity contribution is 8.03. The predicted molar refractivity (Wildman–Crippen MR) is 46.2 cm³/mol. The van der Waals surface area contributed by atoms with Crippen LogP contribution in [0, 0.1) is 10.1 Å². The van der Waals surface area contributed by atoms with Gasteiger partial charge in [-0.2, -0.15) is 0 Å². The molecule has 0 saturated heterocycles. The van der Waals surface area contributed by atoms with Gasteiger partial charge in [0.15, 0.2) is 0 Å². The summed E-state index contributed by atoms with van der Waals surface area (Å²) in [7, 11) is 1.41. The van der Waals surface area contributed by atoms with Crippen LogP contribution >= 0.6 is 11.8 Å². The minimum Gasteiger partial charge on any atom is -0.875 e. The Morgan fingerprint density at radius 1 is 1.77 bits per heavy atom. The Labute approximate surface area is 79.2 Å². The number of allylic oxidation sites excluding steroid dienone is 1. The molecule has 6 heteroatoms. The summed E-state index contributed by atoms with van der Waals surface area (Å²) < 4.78 is 4.91. The number of nitrogens with zero attached hydrogens (tertiary/aromatic N) is 1. The molecule has 0 N–H and O–H groups in total. The van der Waals surface area contributed by atoms with Crippen LogP contribution in [0.5, 0.6) is 0 Å². The summed E-state index contributed by atoms with van der Waals surface area (Å²) in [6.45, 7) is 1.36. The van der Waals surface area contributed by atoms with Crippen molar-refractivity contribution in [2.75, 3.05) is 7.11 Å². The molecular weight excluding hydrogens is 194 g/mol. The first-order valence-corrected chi connectivity index (χ1v) is 4.37. The lowest BCUT2D eigenvalue weighted by atomic mass is 10.2. The molecule has 0 saturated carbocycles. The van der Waals surface area contributed by atoms with Crippen LogP contribution < -0.4 is 5.11 Å². The van der Waals surface area contributed by atoms with E-state index in [2.05, 4.69) is 0 Å². The van der Waals surface area contributed by atoms with E-state index in [0.717, 1.165) is 11.8 Å². The third-order valence-corrected chi connectivity index (χ3v) is 2.73. The van der Waals surface area contributed by atoms with Gasteiger partial charge in [-0.05, 0) is 17.3 Å². The summed E-state index contributed by atoms with van der Waals surface area (Å²) >= 11 is 0.937. The van der Waals surface area contributed by atoms with Crippen molar-refractivity contribution in [1.82, 2.24) is 0 Å². The second kappa shape index (κ2) is 3.80. The van der Waals surface area contributed by atoms with Gasteiger partial charge in [0.1, 0.15) is 5.44 Å². The lowest BCUT2D eigenvalue weighted by molar-refractivity contribution is -0.410. The summed E-state index contributed by atoms with van der Waals surface area (Å²) in [4.78, 5) is 9.85. The number of rotatable bonds is 2. The Balaban J connectivity index is 2.95. The molecular formula is C7H8NO4S-. The molecule has 0 fully saturated rings. The van der Waals surface area contributed by atoms with Crippen molar-refractivity contribution < 1.29 is 14.8 Å². The van der Waals surface area contributed by atoms with Gasteiger partial charge in [-0.3, -0.25) is 10.1 Å². The van der Waals surface area contributed by atoms with Crippen molar-refractivity contribution in [3.05, 3.63) is 32.6 Å². The summed E-state index contributed by atoms with van der Waals surface area (Å²) in [5.41, 5.74) is -0.183. The summed E-state index contributed by atoms with van der Waals surface area (Å²) in [5, 5.41) is 21.3. The van der Waals surface area contributed by atoms with E-state index >= 15 is 0 Å². The highest BCUT2D eigenvalue weighted by atomic mass is 32.2. The van der Waals surface area contributed by atoms with Crippen LogP contribution in [0.15, 0.2) is 22.4 Å². The van der Waals surface area contributed by atoms with Gasteiger partial charge >= 0.3 is 5.03 Å². The number of hydrogen-bond acceptors (Lipinski definition) is 5. The average Bonchev–Trinajstić information content (AvgIpc) is 2.47. The zero-order valence-corrected chi connectivity index (χ0v) is 7.96. The molecule has 0 amide bonds. The van der Waals surface area contributed by atoms with E-state index < -0.39 is 10.4 Å². The molecule has 0 aromatic heterocycles. The van der Waals surface area contributed by atoms with Crippen molar-refractivity contribution in [3.63, 3.8) is 0 Å². The van der Waals surface area contributed by atoms with Crippen LogP contribution in [0.3, 0.4) is 0 Å². The van der Waals surface area contributed by atoms with Crippen molar-refractivity contribution in [1.29, 1.82) is 0 Å². The van der Waals surface area contributed by atoms with E-state index in [0.29, 0.717) is 5.57 Å². The van der Waals surface area contributed by atoms with Crippen molar-refractivity contribution in [3.8, 4) is 0 Å². The van der Waals surface area contributed by atoms with Crippen molar-refractivity contribution in [2.45, 2.75) is 12.4 Å². The minimum absolute atomic E-state index is 0.0444. The predicted octanol–water partition coefficient (Wildman–Crippen LogP) is 0.458.